The van der Waals surface area contributed by atoms with Gasteiger partial charge in [-0.25, -0.2) is 4.79 Å². The summed E-state index contributed by atoms with van der Waals surface area (Å²) in [7, 11) is 0. The number of hydrogen-bond acceptors (Lipinski definition) is 7. The Morgan fingerprint density at radius 2 is 1.61 bits per heavy atom. The van der Waals surface area contributed by atoms with Crippen LogP contribution in [0, 0.1) is 0 Å². The van der Waals surface area contributed by atoms with Crippen molar-refractivity contribution in [2.24, 2.45) is 10.2 Å². The first-order valence-electron chi connectivity index (χ1n) is 9.34. The van der Waals surface area contributed by atoms with Gasteiger partial charge in [-0.1, -0.05) is 49.0 Å². The maximum atomic E-state index is 12.6. The molecule has 3 aromatic rings. The number of carbonyl (C=O) groups excluding carboxylic acids is 2. The summed E-state index contributed by atoms with van der Waals surface area (Å²) in [5.74, 6) is -1.52. The average Bonchev–Trinajstić information content (AvgIpc) is 2.77. The molecule has 0 saturated carbocycles. The van der Waals surface area contributed by atoms with Gasteiger partial charge in [0.2, 0.25) is 0 Å². The van der Waals surface area contributed by atoms with E-state index in [1.54, 1.807) is 61.5 Å². The van der Waals surface area contributed by atoms with E-state index in [2.05, 4.69) is 16.8 Å². The first kappa shape index (κ1) is 21.4. The Hall–Kier alpha value is -4.26. The lowest BCUT2D eigenvalue weighted by Gasteiger charge is -2.07. The third-order valence-electron chi connectivity index (χ3n) is 4.30. The molecule has 0 saturated heterocycles. The van der Waals surface area contributed by atoms with Crippen molar-refractivity contribution in [1.82, 2.24) is 0 Å². The number of aromatic hydroxyl groups is 2. The quantitative estimate of drug-likeness (QED) is 0.233. The van der Waals surface area contributed by atoms with Crippen LogP contribution in [0.3, 0.4) is 0 Å². The van der Waals surface area contributed by atoms with Crippen LogP contribution >= 0.6 is 0 Å². The fraction of sp³-hybridized carbons (Fsp3) is 0.0833. The Balaban J connectivity index is 1.77. The monoisotopic (exact) mass is 416 g/mol. The molecule has 0 atom stereocenters. The van der Waals surface area contributed by atoms with E-state index in [-0.39, 0.29) is 29.4 Å². The minimum absolute atomic E-state index is 0.00706. The molecule has 7 nitrogen and oxygen atoms in total. The van der Waals surface area contributed by atoms with Crippen LogP contribution in [0.25, 0.3) is 0 Å². The molecule has 0 aliphatic heterocycles. The first-order valence-corrected chi connectivity index (χ1v) is 9.34. The Bertz CT molecular complexity index is 1150. The van der Waals surface area contributed by atoms with Gasteiger partial charge in [-0.2, -0.15) is 5.11 Å². The second kappa shape index (κ2) is 9.49. The van der Waals surface area contributed by atoms with Crippen molar-refractivity contribution in [1.29, 1.82) is 0 Å². The predicted molar refractivity (Wildman–Crippen MR) is 115 cm³/mol. The normalized spacial score (nSPS) is 10.7. The van der Waals surface area contributed by atoms with Gasteiger partial charge in [0.25, 0.3) is 0 Å². The Morgan fingerprint density at radius 1 is 0.935 bits per heavy atom. The Labute approximate surface area is 179 Å². The van der Waals surface area contributed by atoms with Gasteiger partial charge in [0.1, 0.15) is 23.8 Å². The SMILES string of the molecule is C=C(C)C(=O)OCc1ccc(N=Nc2cc(C(=O)c3ccccc3)c(O)cc2O)cc1. The van der Waals surface area contributed by atoms with Crippen LogP contribution in [0.1, 0.15) is 28.4 Å². The molecule has 31 heavy (non-hydrogen) atoms. The molecule has 0 amide bonds. The van der Waals surface area contributed by atoms with E-state index in [4.69, 9.17) is 4.74 Å². The smallest absolute Gasteiger partial charge is 0.333 e. The number of rotatable bonds is 7. The van der Waals surface area contributed by atoms with Crippen LogP contribution in [0.15, 0.2) is 89.1 Å². The molecule has 0 bridgehead atoms. The van der Waals surface area contributed by atoms with E-state index >= 15 is 0 Å². The van der Waals surface area contributed by atoms with E-state index in [1.807, 2.05) is 0 Å². The zero-order chi connectivity index (χ0) is 22.4. The van der Waals surface area contributed by atoms with Crippen molar-refractivity contribution in [3.05, 3.63) is 95.6 Å². The maximum absolute atomic E-state index is 12.6. The molecule has 0 unspecified atom stereocenters. The number of esters is 1. The summed E-state index contributed by atoms with van der Waals surface area (Å²) >= 11 is 0. The summed E-state index contributed by atoms with van der Waals surface area (Å²) < 4.78 is 5.08. The molecule has 0 fully saturated rings. The molecule has 0 spiro atoms. The number of ether oxygens (including phenoxy) is 1. The number of ketones is 1. The lowest BCUT2D eigenvalue weighted by atomic mass is 10.0. The van der Waals surface area contributed by atoms with E-state index in [9.17, 15) is 19.8 Å². The summed E-state index contributed by atoms with van der Waals surface area (Å²) in [6.45, 7) is 5.20. The Morgan fingerprint density at radius 3 is 2.26 bits per heavy atom. The van der Waals surface area contributed by atoms with Crippen LogP contribution in [0.4, 0.5) is 11.4 Å². The summed E-state index contributed by atoms with van der Waals surface area (Å²) in [4.78, 5) is 24.1. The summed E-state index contributed by atoms with van der Waals surface area (Å²) in [5, 5.41) is 28.2. The second-order valence-electron chi connectivity index (χ2n) is 6.78. The molecule has 156 valence electrons. The van der Waals surface area contributed by atoms with Crippen LogP contribution < -0.4 is 0 Å². The average molecular weight is 416 g/mol. The highest BCUT2D eigenvalue weighted by atomic mass is 16.5. The number of nitrogens with zero attached hydrogens (tertiary/aromatic N) is 2. The number of carbonyl (C=O) groups is 2. The first-order chi connectivity index (χ1) is 14.8. The zero-order valence-corrected chi connectivity index (χ0v) is 16.8. The molecule has 0 radical (unpaired) electrons. The molecular weight excluding hydrogens is 396 g/mol. The molecular formula is C24H20N2O5. The molecule has 0 aromatic heterocycles. The fourth-order valence-corrected chi connectivity index (χ4v) is 2.62. The highest BCUT2D eigenvalue weighted by Crippen LogP contribution is 2.35. The van der Waals surface area contributed by atoms with Crippen molar-refractivity contribution in [2.75, 3.05) is 0 Å². The van der Waals surface area contributed by atoms with Gasteiger partial charge in [0.05, 0.1) is 11.3 Å². The van der Waals surface area contributed by atoms with Gasteiger partial charge < -0.3 is 14.9 Å². The molecule has 0 aliphatic carbocycles. The molecule has 7 heteroatoms. The van der Waals surface area contributed by atoms with Gasteiger partial charge in [-0.3, -0.25) is 4.79 Å². The van der Waals surface area contributed by atoms with Crippen LogP contribution in [0.5, 0.6) is 11.5 Å². The van der Waals surface area contributed by atoms with Crippen LogP contribution in [-0.2, 0) is 16.1 Å². The maximum Gasteiger partial charge on any atom is 0.333 e. The van der Waals surface area contributed by atoms with Crippen LogP contribution in [0.2, 0.25) is 0 Å². The van der Waals surface area contributed by atoms with Gasteiger partial charge in [0.15, 0.2) is 5.78 Å². The van der Waals surface area contributed by atoms with Crippen molar-refractivity contribution in [3.8, 4) is 11.5 Å². The molecule has 3 aromatic carbocycles. The molecule has 0 heterocycles. The summed E-state index contributed by atoms with van der Waals surface area (Å²) in [5.41, 5.74) is 2.01. The zero-order valence-electron chi connectivity index (χ0n) is 16.8. The molecule has 3 rings (SSSR count). The number of phenolic OH excluding ortho intramolecular Hbond substituents is 2. The largest absolute Gasteiger partial charge is 0.507 e. The molecule has 2 N–H and O–H groups in total. The van der Waals surface area contributed by atoms with Crippen molar-refractivity contribution in [3.63, 3.8) is 0 Å². The van der Waals surface area contributed by atoms with E-state index in [0.717, 1.165) is 11.6 Å². The van der Waals surface area contributed by atoms with Gasteiger partial charge >= 0.3 is 5.97 Å². The highest BCUT2D eigenvalue weighted by Gasteiger charge is 2.17. The number of hydrogen-bond donors (Lipinski definition) is 2. The van der Waals surface area contributed by atoms with Crippen molar-refractivity contribution < 1.29 is 24.5 Å². The second-order valence-corrected chi connectivity index (χ2v) is 6.78. The minimum Gasteiger partial charge on any atom is -0.507 e. The minimum atomic E-state index is -0.465. The van der Waals surface area contributed by atoms with Gasteiger partial charge in [-0.05, 0) is 30.7 Å². The third kappa shape index (κ3) is 5.42. The summed E-state index contributed by atoms with van der Waals surface area (Å²) in [6, 6.07) is 17.6. The highest BCUT2D eigenvalue weighted by molar-refractivity contribution is 6.11. The van der Waals surface area contributed by atoms with Crippen molar-refractivity contribution >= 4 is 23.1 Å². The standard InChI is InChI=1S/C24H20N2O5/c1-15(2)24(30)31-14-16-8-10-18(11-9-16)25-26-20-12-19(21(27)13-22(20)28)23(29)17-6-4-3-5-7-17/h3-13,27-28H,1,14H2,2H3. The van der Waals surface area contributed by atoms with Crippen molar-refractivity contribution in [2.45, 2.75) is 13.5 Å². The predicted octanol–water partition coefficient (Wildman–Crippen LogP) is 5.36. The van der Waals surface area contributed by atoms with Crippen LogP contribution in [-0.4, -0.2) is 22.0 Å². The van der Waals surface area contributed by atoms with Gasteiger partial charge in [0, 0.05) is 17.2 Å². The van der Waals surface area contributed by atoms with E-state index in [1.165, 1.54) is 6.07 Å². The Kier molecular flexibility index (Phi) is 6.57. The number of phenols is 2. The van der Waals surface area contributed by atoms with Gasteiger partial charge in [-0.15, -0.1) is 5.11 Å². The number of benzene rings is 3. The topological polar surface area (TPSA) is 109 Å². The lowest BCUT2D eigenvalue weighted by molar-refractivity contribution is -0.140. The summed E-state index contributed by atoms with van der Waals surface area (Å²) in [6.07, 6.45) is 0. The number of azo groups is 1. The molecule has 0 aliphatic rings. The lowest BCUT2D eigenvalue weighted by Crippen LogP contribution is -2.04. The fourth-order valence-electron chi connectivity index (χ4n) is 2.62. The van der Waals surface area contributed by atoms with E-state index < -0.39 is 11.8 Å². The third-order valence-corrected chi connectivity index (χ3v) is 4.30. The van der Waals surface area contributed by atoms with E-state index in [0.29, 0.717) is 16.8 Å².